The van der Waals surface area contributed by atoms with Crippen LogP contribution in [0.2, 0.25) is 0 Å². The van der Waals surface area contributed by atoms with E-state index in [1.807, 2.05) is 5.38 Å². The molecule has 0 aliphatic carbocycles. The molecule has 0 fully saturated rings. The van der Waals surface area contributed by atoms with Crippen molar-refractivity contribution < 1.29 is 23.1 Å². The van der Waals surface area contributed by atoms with Crippen LogP contribution in [-0.2, 0) is 0 Å². The van der Waals surface area contributed by atoms with Gasteiger partial charge in [-0.05, 0) is 6.07 Å². The lowest BCUT2D eigenvalue weighted by Crippen LogP contribution is -2.40. The van der Waals surface area contributed by atoms with E-state index in [4.69, 9.17) is 5.11 Å². The highest BCUT2D eigenvalue weighted by Crippen LogP contribution is 2.28. The number of amides is 1. The van der Waals surface area contributed by atoms with Crippen LogP contribution in [0.25, 0.3) is 15.3 Å². The molecule has 112 valence electrons. The molecule has 0 spiro atoms. The van der Waals surface area contributed by atoms with E-state index in [0.717, 1.165) is 21.8 Å². The number of rotatable bonds is 3. The molecule has 0 saturated carbocycles. The van der Waals surface area contributed by atoms with E-state index in [0.29, 0.717) is 4.83 Å². The average Bonchev–Trinajstić information content (AvgIpc) is 3.04. The Morgan fingerprint density at radius 1 is 1.52 bits per heavy atom. The highest BCUT2D eigenvalue weighted by Gasteiger charge is 2.38. The summed E-state index contributed by atoms with van der Waals surface area (Å²) in [7, 11) is 0. The lowest BCUT2D eigenvalue weighted by atomic mass is 10.3. The summed E-state index contributed by atoms with van der Waals surface area (Å²) in [6, 6.07) is 1.57. The van der Waals surface area contributed by atoms with E-state index in [1.165, 1.54) is 11.3 Å². The van der Waals surface area contributed by atoms with Gasteiger partial charge in [0.2, 0.25) is 0 Å². The molecular formula is C11H8F3N3O2S2. The second kappa shape index (κ2) is 4.97. The van der Waals surface area contributed by atoms with Gasteiger partial charge in [-0.3, -0.25) is 9.20 Å². The number of hydrogen-bond acceptors (Lipinski definition) is 5. The van der Waals surface area contributed by atoms with Gasteiger partial charge in [-0.25, -0.2) is 4.98 Å². The van der Waals surface area contributed by atoms with Gasteiger partial charge in [-0.2, -0.15) is 13.2 Å². The Balaban J connectivity index is 1.77. The van der Waals surface area contributed by atoms with Crippen LogP contribution in [0.3, 0.4) is 0 Å². The maximum atomic E-state index is 12.1. The zero-order valence-electron chi connectivity index (χ0n) is 10.2. The van der Waals surface area contributed by atoms with Crippen LogP contribution in [0.1, 0.15) is 9.67 Å². The van der Waals surface area contributed by atoms with E-state index < -0.39 is 24.7 Å². The van der Waals surface area contributed by atoms with Crippen molar-refractivity contribution in [3.8, 4) is 0 Å². The second-order valence-electron chi connectivity index (χ2n) is 4.24. The number of carbonyl (C=O) groups excluding carboxylic acids is 1. The van der Waals surface area contributed by atoms with Crippen molar-refractivity contribution in [3.63, 3.8) is 0 Å². The maximum absolute atomic E-state index is 12.1. The van der Waals surface area contributed by atoms with Crippen molar-refractivity contribution in [2.45, 2.75) is 12.3 Å². The molecule has 0 aliphatic rings. The van der Waals surface area contributed by atoms with Gasteiger partial charge in [0.1, 0.15) is 4.83 Å². The number of imidazole rings is 1. The fraction of sp³-hybridized carbons (Fsp3) is 0.273. The summed E-state index contributed by atoms with van der Waals surface area (Å²) in [6.07, 6.45) is -5.52. The summed E-state index contributed by atoms with van der Waals surface area (Å²) < 4.78 is 38.2. The second-order valence-corrected chi connectivity index (χ2v) is 6.14. The van der Waals surface area contributed by atoms with Crippen LogP contribution >= 0.6 is 22.7 Å². The maximum Gasteiger partial charge on any atom is 0.416 e. The highest BCUT2D eigenvalue weighted by molar-refractivity contribution is 7.21. The molecule has 0 aromatic carbocycles. The molecule has 1 unspecified atom stereocenters. The Kier molecular flexibility index (Phi) is 3.38. The van der Waals surface area contributed by atoms with Crippen molar-refractivity contribution >= 4 is 43.9 Å². The van der Waals surface area contributed by atoms with Gasteiger partial charge < -0.3 is 10.4 Å². The molecule has 3 rings (SSSR count). The van der Waals surface area contributed by atoms with E-state index in [1.54, 1.807) is 16.7 Å². The number of nitrogens with one attached hydrogen (secondary N) is 1. The summed E-state index contributed by atoms with van der Waals surface area (Å²) in [4.78, 5) is 17.8. The monoisotopic (exact) mass is 335 g/mol. The van der Waals surface area contributed by atoms with E-state index >= 15 is 0 Å². The van der Waals surface area contributed by atoms with Gasteiger partial charge in [0, 0.05) is 11.6 Å². The van der Waals surface area contributed by atoms with Crippen LogP contribution in [0.15, 0.2) is 17.6 Å². The number of thiazole rings is 1. The fourth-order valence-corrected chi connectivity index (χ4v) is 3.47. The molecule has 0 bridgehead atoms. The number of aromatic nitrogens is 2. The first-order chi connectivity index (χ1) is 9.86. The standard InChI is InChI=1S/C11H8F3N3O2S2/c12-11(13,14)7(18)4-15-8(19)6-3-5-9(21-6)16-10-17(5)1-2-20-10/h1-3,7,18H,4H2,(H,15,19). The van der Waals surface area contributed by atoms with Gasteiger partial charge in [0.25, 0.3) is 5.91 Å². The van der Waals surface area contributed by atoms with Crippen LogP contribution in [0.4, 0.5) is 13.2 Å². The number of alkyl halides is 3. The van der Waals surface area contributed by atoms with Crippen molar-refractivity contribution in [2.75, 3.05) is 6.54 Å². The smallest absolute Gasteiger partial charge is 0.382 e. The summed E-state index contributed by atoms with van der Waals surface area (Å²) in [6.45, 7) is -0.876. The van der Waals surface area contributed by atoms with Gasteiger partial charge in [0.05, 0.1) is 16.9 Å². The molecule has 0 radical (unpaired) electrons. The van der Waals surface area contributed by atoms with Gasteiger partial charge in [-0.1, -0.05) is 0 Å². The fourth-order valence-electron chi connectivity index (χ4n) is 1.75. The van der Waals surface area contributed by atoms with Crippen LogP contribution in [0.5, 0.6) is 0 Å². The minimum Gasteiger partial charge on any atom is -0.382 e. The summed E-state index contributed by atoms with van der Waals surface area (Å²) in [5.74, 6) is -0.662. The number of carbonyl (C=O) groups is 1. The number of fused-ring (bicyclic) bond motifs is 3. The Morgan fingerprint density at radius 2 is 2.29 bits per heavy atom. The van der Waals surface area contributed by atoms with Gasteiger partial charge in [-0.15, -0.1) is 22.7 Å². The third-order valence-electron chi connectivity index (χ3n) is 2.80. The molecule has 3 heterocycles. The Labute approximate surface area is 123 Å². The molecule has 3 aromatic rings. The molecule has 0 aliphatic heterocycles. The molecule has 10 heteroatoms. The van der Waals surface area contributed by atoms with Crippen molar-refractivity contribution in [1.29, 1.82) is 0 Å². The van der Waals surface area contributed by atoms with Crippen LogP contribution < -0.4 is 5.32 Å². The van der Waals surface area contributed by atoms with Gasteiger partial charge >= 0.3 is 6.18 Å². The SMILES string of the molecule is O=C(NCC(O)C(F)(F)F)c1cc2c(nc3sccn32)s1. The van der Waals surface area contributed by atoms with E-state index in [-0.39, 0.29) is 4.88 Å². The van der Waals surface area contributed by atoms with E-state index in [9.17, 15) is 18.0 Å². The normalized spacial score (nSPS) is 13.9. The molecule has 0 saturated heterocycles. The minimum atomic E-state index is -4.75. The lowest BCUT2D eigenvalue weighted by Gasteiger charge is -2.14. The predicted octanol–water partition coefficient (Wildman–Crippen LogP) is 2.26. The average molecular weight is 335 g/mol. The number of nitrogens with zero attached hydrogens (tertiary/aromatic N) is 2. The zero-order chi connectivity index (χ0) is 15.2. The minimum absolute atomic E-state index is 0.252. The first-order valence-corrected chi connectivity index (χ1v) is 7.44. The highest BCUT2D eigenvalue weighted by atomic mass is 32.1. The Bertz CT molecular complexity index is 805. The third-order valence-corrected chi connectivity index (χ3v) is 4.57. The zero-order valence-corrected chi connectivity index (χ0v) is 11.8. The lowest BCUT2D eigenvalue weighted by molar-refractivity contribution is -0.201. The number of halogens is 3. The molecule has 1 amide bonds. The number of thiophene rings is 1. The van der Waals surface area contributed by atoms with E-state index in [2.05, 4.69) is 10.3 Å². The summed E-state index contributed by atoms with van der Waals surface area (Å²) in [5, 5.41) is 12.8. The Morgan fingerprint density at radius 3 is 3.00 bits per heavy atom. The largest absolute Gasteiger partial charge is 0.416 e. The predicted molar refractivity (Wildman–Crippen MR) is 72.8 cm³/mol. The summed E-state index contributed by atoms with van der Waals surface area (Å²) in [5.41, 5.74) is 0.734. The van der Waals surface area contributed by atoms with Crippen molar-refractivity contribution in [1.82, 2.24) is 14.7 Å². The topological polar surface area (TPSA) is 66.6 Å². The Hall–Kier alpha value is -1.65. The number of hydrogen-bond donors (Lipinski definition) is 2. The number of aliphatic hydroxyl groups is 1. The van der Waals surface area contributed by atoms with Crippen LogP contribution in [0, 0.1) is 0 Å². The molecule has 1 atom stereocenters. The molecule has 21 heavy (non-hydrogen) atoms. The molecular weight excluding hydrogens is 327 g/mol. The summed E-state index contributed by atoms with van der Waals surface area (Å²) >= 11 is 2.54. The van der Waals surface area contributed by atoms with Crippen LogP contribution in [-0.4, -0.2) is 39.2 Å². The molecule has 5 nitrogen and oxygen atoms in total. The number of aliphatic hydroxyl groups excluding tert-OH is 1. The molecule has 3 aromatic heterocycles. The third kappa shape index (κ3) is 2.61. The van der Waals surface area contributed by atoms with Crippen molar-refractivity contribution in [2.24, 2.45) is 0 Å². The first kappa shape index (κ1) is 14.3. The quantitative estimate of drug-likeness (QED) is 0.772. The van der Waals surface area contributed by atoms with Crippen molar-refractivity contribution in [3.05, 3.63) is 22.5 Å². The molecule has 2 N–H and O–H groups in total. The first-order valence-electron chi connectivity index (χ1n) is 5.74. The van der Waals surface area contributed by atoms with Gasteiger partial charge in [0.15, 0.2) is 11.1 Å².